The van der Waals surface area contributed by atoms with Gasteiger partial charge in [-0.05, 0) is 63.1 Å². The minimum Gasteiger partial charge on any atom is -0.465 e. The van der Waals surface area contributed by atoms with Gasteiger partial charge in [-0.15, -0.1) is 0 Å². The number of carbonyl (C=O) groups excluding carboxylic acids is 2. The number of hydrogen-bond acceptors (Lipinski definition) is 7. The third-order valence-corrected chi connectivity index (χ3v) is 6.21. The summed E-state index contributed by atoms with van der Waals surface area (Å²) in [5, 5.41) is 0. The maximum absolute atomic E-state index is 12.8. The lowest BCUT2D eigenvalue weighted by molar-refractivity contribution is -0.0436. The van der Waals surface area contributed by atoms with Gasteiger partial charge in [-0.25, -0.2) is 27.6 Å². The number of halogens is 3. The summed E-state index contributed by atoms with van der Waals surface area (Å²) < 4.78 is 73.2. The summed E-state index contributed by atoms with van der Waals surface area (Å²) >= 11 is 0. The second-order valence-corrected chi connectivity index (χ2v) is 10.3. The molecule has 0 aliphatic carbocycles. The molecule has 0 N–H and O–H groups in total. The number of sulfone groups is 1. The molecule has 2 aromatic carbocycles. The second kappa shape index (κ2) is 8.42. The van der Waals surface area contributed by atoms with Crippen molar-refractivity contribution in [3.63, 3.8) is 0 Å². The number of carbonyl (C=O) groups is 2. The molecule has 3 aromatic rings. The number of hydrogen-bond donors (Lipinski definition) is 0. The smallest absolute Gasteiger partial charge is 0.465 e. The van der Waals surface area contributed by atoms with E-state index in [1.165, 1.54) is 28.8 Å². The van der Waals surface area contributed by atoms with Crippen LogP contribution >= 0.6 is 0 Å². The molecule has 8 nitrogen and oxygen atoms in total. The van der Waals surface area contributed by atoms with Crippen molar-refractivity contribution in [3.05, 3.63) is 47.8 Å². The molecular formula is C22H21F3N2O6S. The number of esters is 1. The number of ether oxygens (including phenoxy) is 2. The second-order valence-electron chi connectivity index (χ2n) is 8.33. The van der Waals surface area contributed by atoms with E-state index in [1.807, 2.05) is 0 Å². The van der Waals surface area contributed by atoms with Gasteiger partial charge in [-0.1, -0.05) is 12.1 Å². The zero-order valence-corrected chi connectivity index (χ0v) is 19.7. The Bertz CT molecular complexity index is 1390. The molecule has 0 aliphatic heterocycles. The lowest BCUT2D eigenvalue weighted by Crippen LogP contribution is -2.27. The SMILES string of the molecule is COC(=O)c1cc(-c2ccc(S(=O)(=O)C(F)(F)F)cc2)cc2c1nc(C)n2C(=O)OC(C)(C)C. The first-order valence-electron chi connectivity index (χ1n) is 9.83. The minimum absolute atomic E-state index is 0.00685. The summed E-state index contributed by atoms with van der Waals surface area (Å²) in [6.45, 7) is 6.59. The van der Waals surface area contributed by atoms with Crippen LogP contribution in [0.2, 0.25) is 0 Å². The topological polar surface area (TPSA) is 105 Å². The summed E-state index contributed by atoms with van der Waals surface area (Å²) in [5.41, 5.74) is -5.28. The first-order chi connectivity index (χ1) is 15.6. The Balaban J connectivity index is 2.22. The maximum Gasteiger partial charge on any atom is 0.501 e. The molecule has 0 radical (unpaired) electrons. The predicted octanol–water partition coefficient (Wildman–Crippen LogP) is 4.88. The molecule has 1 heterocycles. The van der Waals surface area contributed by atoms with Crippen LogP contribution in [0, 0.1) is 6.92 Å². The molecule has 0 bridgehead atoms. The highest BCUT2D eigenvalue weighted by molar-refractivity contribution is 7.92. The number of imidazole rings is 1. The van der Waals surface area contributed by atoms with Crippen molar-refractivity contribution in [1.29, 1.82) is 0 Å². The molecule has 12 heteroatoms. The Labute approximate surface area is 193 Å². The number of rotatable bonds is 3. The lowest BCUT2D eigenvalue weighted by atomic mass is 10.0. The Morgan fingerprint density at radius 2 is 1.59 bits per heavy atom. The van der Waals surface area contributed by atoms with Crippen molar-refractivity contribution in [2.45, 2.75) is 43.7 Å². The molecular weight excluding hydrogens is 477 g/mol. The zero-order valence-electron chi connectivity index (χ0n) is 18.9. The highest BCUT2D eigenvalue weighted by atomic mass is 32.2. The molecule has 34 heavy (non-hydrogen) atoms. The van der Waals surface area contributed by atoms with E-state index >= 15 is 0 Å². The molecule has 1 aromatic heterocycles. The van der Waals surface area contributed by atoms with E-state index in [-0.39, 0.29) is 22.4 Å². The average molecular weight is 498 g/mol. The van der Waals surface area contributed by atoms with E-state index in [0.29, 0.717) is 11.1 Å². The molecule has 182 valence electrons. The summed E-state index contributed by atoms with van der Waals surface area (Å²) in [7, 11) is -4.36. The molecule has 0 unspecified atom stereocenters. The van der Waals surface area contributed by atoms with Crippen LogP contribution in [0.4, 0.5) is 18.0 Å². The van der Waals surface area contributed by atoms with Crippen LogP contribution in [-0.4, -0.2) is 48.3 Å². The number of methoxy groups -OCH3 is 1. The Hall–Kier alpha value is -3.41. The molecule has 0 saturated carbocycles. The summed E-state index contributed by atoms with van der Waals surface area (Å²) in [5.74, 6) is -0.518. The molecule has 0 saturated heterocycles. The first kappa shape index (κ1) is 25.2. The van der Waals surface area contributed by atoms with Crippen molar-refractivity contribution >= 4 is 32.9 Å². The molecule has 0 amide bonds. The summed E-state index contributed by atoms with van der Waals surface area (Å²) in [4.78, 5) is 28.6. The molecule has 0 fully saturated rings. The Morgan fingerprint density at radius 3 is 2.09 bits per heavy atom. The van der Waals surface area contributed by atoms with E-state index in [9.17, 15) is 31.2 Å². The largest absolute Gasteiger partial charge is 0.501 e. The van der Waals surface area contributed by atoms with Crippen LogP contribution in [0.5, 0.6) is 0 Å². The van der Waals surface area contributed by atoms with Gasteiger partial charge in [0, 0.05) is 0 Å². The summed E-state index contributed by atoms with van der Waals surface area (Å²) in [6.07, 6.45) is -0.743. The van der Waals surface area contributed by atoms with Crippen molar-refractivity contribution in [2.75, 3.05) is 7.11 Å². The maximum atomic E-state index is 12.8. The number of alkyl halides is 3. The fourth-order valence-corrected chi connectivity index (χ4v) is 3.99. The third-order valence-electron chi connectivity index (χ3n) is 4.71. The standard InChI is InChI=1S/C22H21F3N2O6S/c1-12-26-18-16(19(28)32-5)10-14(11-17(18)27(12)20(29)33-21(2,3)4)13-6-8-15(9-7-13)34(30,31)22(23,24)25/h6-11H,1-5H3. The van der Waals surface area contributed by atoms with E-state index in [0.717, 1.165) is 19.2 Å². The van der Waals surface area contributed by atoms with Crippen LogP contribution < -0.4 is 0 Å². The van der Waals surface area contributed by atoms with Gasteiger partial charge in [0.25, 0.3) is 9.84 Å². The van der Waals surface area contributed by atoms with E-state index < -0.39 is 37.9 Å². The monoisotopic (exact) mass is 498 g/mol. The molecule has 0 spiro atoms. The van der Waals surface area contributed by atoms with Crippen LogP contribution in [0.1, 0.15) is 37.0 Å². The van der Waals surface area contributed by atoms with Gasteiger partial charge >= 0.3 is 17.6 Å². The number of aromatic nitrogens is 2. The fourth-order valence-electron chi connectivity index (χ4n) is 3.22. The quantitative estimate of drug-likeness (QED) is 0.474. The van der Waals surface area contributed by atoms with Crippen molar-refractivity contribution in [3.8, 4) is 11.1 Å². The average Bonchev–Trinajstić information content (AvgIpc) is 3.06. The van der Waals surface area contributed by atoms with Gasteiger partial charge in [0.05, 0.1) is 23.1 Å². The van der Waals surface area contributed by atoms with Crippen molar-refractivity contribution < 1.29 is 40.7 Å². The van der Waals surface area contributed by atoms with Gasteiger partial charge in [0.1, 0.15) is 16.9 Å². The fraction of sp³-hybridized carbons (Fsp3) is 0.318. The third kappa shape index (κ3) is 4.63. The van der Waals surface area contributed by atoms with Crippen LogP contribution in [0.15, 0.2) is 41.3 Å². The predicted molar refractivity (Wildman–Crippen MR) is 116 cm³/mol. The first-order valence-corrected chi connectivity index (χ1v) is 11.3. The number of benzene rings is 2. The van der Waals surface area contributed by atoms with Crippen molar-refractivity contribution in [2.24, 2.45) is 0 Å². The molecule has 3 rings (SSSR count). The molecule has 0 aliphatic rings. The van der Waals surface area contributed by atoms with E-state index in [4.69, 9.17) is 9.47 Å². The van der Waals surface area contributed by atoms with Gasteiger partial charge in [-0.3, -0.25) is 0 Å². The summed E-state index contributed by atoms with van der Waals surface area (Å²) in [6, 6.07) is 6.86. The van der Waals surface area contributed by atoms with Gasteiger partial charge in [-0.2, -0.15) is 13.2 Å². The minimum atomic E-state index is -5.52. The highest BCUT2D eigenvalue weighted by Gasteiger charge is 2.46. The van der Waals surface area contributed by atoms with Crippen molar-refractivity contribution in [1.82, 2.24) is 9.55 Å². The Kier molecular flexibility index (Phi) is 6.25. The van der Waals surface area contributed by atoms with Gasteiger partial charge < -0.3 is 9.47 Å². The van der Waals surface area contributed by atoms with Gasteiger partial charge in [0.2, 0.25) is 0 Å². The van der Waals surface area contributed by atoms with Crippen LogP contribution in [0.25, 0.3) is 22.2 Å². The lowest BCUT2D eigenvalue weighted by Gasteiger charge is -2.20. The van der Waals surface area contributed by atoms with E-state index in [1.54, 1.807) is 27.7 Å². The number of nitrogens with zero attached hydrogens (tertiary/aromatic N) is 2. The van der Waals surface area contributed by atoms with Crippen LogP contribution in [-0.2, 0) is 19.3 Å². The molecule has 0 atom stereocenters. The number of fused-ring (bicyclic) bond motifs is 1. The number of aryl methyl sites for hydroxylation is 1. The van der Waals surface area contributed by atoms with Gasteiger partial charge in [0.15, 0.2) is 0 Å². The van der Waals surface area contributed by atoms with Crippen LogP contribution in [0.3, 0.4) is 0 Å². The van der Waals surface area contributed by atoms with E-state index in [2.05, 4.69) is 4.98 Å². The Morgan fingerprint density at radius 1 is 1.00 bits per heavy atom. The normalized spacial score (nSPS) is 12.6. The highest BCUT2D eigenvalue weighted by Crippen LogP contribution is 2.33. The zero-order chi connectivity index (χ0) is 25.6.